The van der Waals surface area contributed by atoms with E-state index in [1.165, 1.54) is 16.8 Å². The third-order valence-electron chi connectivity index (χ3n) is 3.21. The van der Waals surface area contributed by atoms with E-state index in [2.05, 4.69) is 72.5 Å². The van der Waals surface area contributed by atoms with Gasteiger partial charge < -0.3 is 10.2 Å². The van der Waals surface area contributed by atoms with Gasteiger partial charge in [0.25, 0.3) is 0 Å². The number of benzene rings is 1. The lowest BCUT2D eigenvalue weighted by Crippen LogP contribution is -2.14. The minimum Gasteiger partial charge on any atom is -0.329 e. The van der Waals surface area contributed by atoms with Gasteiger partial charge in [-0.3, -0.25) is 0 Å². The Morgan fingerprint density at radius 2 is 1.95 bits per heavy atom. The maximum atomic E-state index is 4.53. The molecule has 1 aromatic heterocycles. The van der Waals surface area contributed by atoms with Gasteiger partial charge in [-0.1, -0.05) is 31.2 Å². The minimum atomic E-state index is 0.873. The Morgan fingerprint density at radius 3 is 2.58 bits per heavy atom. The van der Waals surface area contributed by atoms with Gasteiger partial charge in [0, 0.05) is 25.5 Å². The summed E-state index contributed by atoms with van der Waals surface area (Å²) in [5, 5.41) is 3.30. The van der Waals surface area contributed by atoms with Crippen molar-refractivity contribution in [3.63, 3.8) is 0 Å². The van der Waals surface area contributed by atoms with E-state index in [1.54, 1.807) is 0 Å². The number of nitrogens with one attached hydrogen (secondary N) is 1. The highest BCUT2D eigenvalue weighted by molar-refractivity contribution is 5.62. The van der Waals surface area contributed by atoms with E-state index in [4.69, 9.17) is 0 Å². The average molecular weight is 255 g/mol. The van der Waals surface area contributed by atoms with E-state index < -0.39 is 0 Å². The number of pyridine rings is 1. The third kappa shape index (κ3) is 3.32. The standard InChI is InChI=1S/C16H21N3/c1-4-17-11-14-9-10-16(18-12-14)19(3)15-8-6-5-7-13(15)2/h5-10,12,17H,4,11H2,1-3H3. The van der Waals surface area contributed by atoms with Crippen LogP contribution in [-0.2, 0) is 6.54 Å². The predicted octanol–water partition coefficient (Wildman–Crippen LogP) is 3.27. The van der Waals surface area contributed by atoms with Gasteiger partial charge in [0.05, 0.1) is 0 Å². The summed E-state index contributed by atoms with van der Waals surface area (Å²) in [5.41, 5.74) is 3.65. The molecule has 100 valence electrons. The van der Waals surface area contributed by atoms with Crippen LogP contribution in [-0.4, -0.2) is 18.6 Å². The second kappa shape index (κ2) is 6.34. The zero-order chi connectivity index (χ0) is 13.7. The molecule has 0 aliphatic rings. The number of anilines is 2. The molecule has 0 amide bonds. The molecule has 19 heavy (non-hydrogen) atoms. The third-order valence-corrected chi connectivity index (χ3v) is 3.21. The van der Waals surface area contributed by atoms with Gasteiger partial charge in [0.2, 0.25) is 0 Å². The molecule has 0 saturated heterocycles. The summed E-state index contributed by atoms with van der Waals surface area (Å²) in [7, 11) is 2.05. The number of para-hydroxylation sites is 1. The van der Waals surface area contributed by atoms with Gasteiger partial charge in [-0.2, -0.15) is 0 Å². The fourth-order valence-electron chi connectivity index (χ4n) is 2.05. The average Bonchev–Trinajstić information content (AvgIpc) is 2.45. The molecule has 0 fully saturated rings. The van der Waals surface area contributed by atoms with Crippen molar-refractivity contribution in [2.45, 2.75) is 20.4 Å². The Kier molecular flexibility index (Phi) is 4.53. The number of hydrogen-bond donors (Lipinski definition) is 1. The maximum absolute atomic E-state index is 4.53. The van der Waals surface area contributed by atoms with E-state index in [1.807, 2.05) is 6.20 Å². The fourth-order valence-corrected chi connectivity index (χ4v) is 2.05. The lowest BCUT2D eigenvalue weighted by molar-refractivity contribution is 0.724. The van der Waals surface area contributed by atoms with Gasteiger partial charge in [-0.15, -0.1) is 0 Å². The van der Waals surface area contributed by atoms with Crippen molar-refractivity contribution in [2.75, 3.05) is 18.5 Å². The number of aromatic nitrogens is 1. The molecule has 2 rings (SSSR count). The molecule has 2 aromatic rings. The van der Waals surface area contributed by atoms with Gasteiger partial charge in [-0.05, 0) is 36.7 Å². The minimum absolute atomic E-state index is 0.873. The summed E-state index contributed by atoms with van der Waals surface area (Å²) in [4.78, 5) is 6.65. The van der Waals surface area contributed by atoms with Crippen LogP contribution in [0.3, 0.4) is 0 Å². The smallest absolute Gasteiger partial charge is 0.132 e. The molecule has 3 nitrogen and oxygen atoms in total. The first-order valence-corrected chi connectivity index (χ1v) is 6.67. The lowest BCUT2D eigenvalue weighted by Gasteiger charge is -2.20. The Balaban J connectivity index is 2.16. The van der Waals surface area contributed by atoms with Crippen LogP contribution >= 0.6 is 0 Å². The van der Waals surface area contributed by atoms with Crippen molar-refractivity contribution < 1.29 is 0 Å². The van der Waals surface area contributed by atoms with Crippen molar-refractivity contribution in [2.24, 2.45) is 0 Å². The summed E-state index contributed by atoms with van der Waals surface area (Å²) < 4.78 is 0. The molecule has 0 atom stereocenters. The topological polar surface area (TPSA) is 28.2 Å². The number of aryl methyl sites for hydroxylation is 1. The molecular formula is C16H21N3. The van der Waals surface area contributed by atoms with Crippen LogP contribution in [0, 0.1) is 6.92 Å². The van der Waals surface area contributed by atoms with Crippen molar-refractivity contribution in [3.05, 3.63) is 53.7 Å². The van der Waals surface area contributed by atoms with Gasteiger partial charge in [0.15, 0.2) is 0 Å². The van der Waals surface area contributed by atoms with Crippen molar-refractivity contribution >= 4 is 11.5 Å². The Labute approximate surface area is 115 Å². The first-order chi connectivity index (χ1) is 9.22. The normalized spacial score (nSPS) is 10.5. The number of hydrogen-bond acceptors (Lipinski definition) is 3. The summed E-state index contributed by atoms with van der Waals surface area (Å²) in [6.07, 6.45) is 1.94. The summed E-state index contributed by atoms with van der Waals surface area (Å²) >= 11 is 0. The van der Waals surface area contributed by atoms with Crippen LogP contribution in [0.4, 0.5) is 11.5 Å². The molecule has 0 saturated carbocycles. The van der Waals surface area contributed by atoms with Crippen LogP contribution in [0.25, 0.3) is 0 Å². The SMILES string of the molecule is CCNCc1ccc(N(C)c2ccccc2C)nc1. The first-order valence-electron chi connectivity index (χ1n) is 6.67. The highest BCUT2D eigenvalue weighted by Gasteiger charge is 2.07. The molecule has 1 heterocycles. The van der Waals surface area contributed by atoms with E-state index in [-0.39, 0.29) is 0 Å². The zero-order valence-electron chi connectivity index (χ0n) is 11.9. The maximum Gasteiger partial charge on any atom is 0.132 e. The molecule has 0 radical (unpaired) electrons. The Morgan fingerprint density at radius 1 is 1.16 bits per heavy atom. The molecule has 1 N–H and O–H groups in total. The van der Waals surface area contributed by atoms with Crippen LogP contribution in [0.15, 0.2) is 42.6 Å². The van der Waals surface area contributed by atoms with Crippen molar-refractivity contribution in [1.29, 1.82) is 0 Å². The highest BCUT2D eigenvalue weighted by Crippen LogP contribution is 2.24. The summed E-state index contributed by atoms with van der Waals surface area (Å²) in [6, 6.07) is 12.5. The zero-order valence-corrected chi connectivity index (χ0v) is 11.9. The lowest BCUT2D eigenvalue weighted by atomic mass is 10.2. The molecule has 0 aliphatic carbocycles. The van der Waals surface area contributed by atoms with Crippen molar-refractivity contribution in [1.82, 2.24) is 10.3 Å². The van der Waals surface area contributed by atoms with Crippen LogP contribution in [0.1, 0.15) is 18.1 Å². The second-order valence-electron chi connectivity index (χ2n) is 4.65. The molecule has 1 aromatic carbocycles. The Bertz CT molecular complexity index is 520. The number of nitrogens with zero attached hydrogens (tertiary/aromatic N) is 2. The van der Waals surface area contributed by atoms with E-state index in [0.29, 0.717) is 0 Å². The fraction of sp³-hybridized carbons (Fsp3) is 0.312. The van der Waals surface area contributed by atoms with Crippen LogP contribution in [0.5, 0.6) is 0 Å². The monoisotopic (exact) mass is 255 g/mol. The highest BCUT2D eigenvalue weighted by atomic mass is 15.2. The summed E-state index contributed by atoms with van der Waals surface area (Å²) in [5.74, 6) is 0.967. The van der Waals surface area contributed by atoms with Gasteiger partial charge in [-0.25, -0.2) is 4.98 Å². The first kappa shape index (κ1) is 13.6. The van der Waals surface area contributed by atoms with E-state index in [0.717, 1.165) is 18.9 Å². The van der Waals surface area contributed by atoms with Crippen molar-refractivity contribution in [3.8, 4) is 0 Å². The number of rotatable bonds is 5. The molecule has 0 bridgehead atoms. The largest absolute Gasteiger partial charge is 0.329 e. The van der Waals surface area contributed by atoms with E-state index >= 15 is 0 Å². The van der Waals surface area contributed by atoms with E-state index in [9.17, 15) is 0 Å². The van der Waals surface area contributed by atoms with Gasteiger partial charge >= 0.3 is 0 Å². The van der Waals surface area contributed by atoms with Crippen LogP contribution in [0.2, 0.25) is 0 Å². The molecule has 0 spiro atoms. The molecule has 0 unspecified atom stereocenters. The molecule has 3 heteroatoms. The summed E-state index contributed by atoms with van der Waals surface area (Å²) in [6.45, 7) is 6.07. The second-order valence-corrected chi connectivity index (χ2v) is 4.65. The van der Waals surface area contributed by atoms with Crippen LogP contribution < -0.4 is 10.2 Å². The van der Waals surface area contributed by atoms with Gasteiger partial charge in [0.1, 0.15) is 5.82 Å². The molecule has 0 aliphatic heterocycles. The predicted molar refractivity (Wildman–Crippen MR) is 80.9 cm³/mol. The quantitative estimate of drug-likeness (QED) is 0.888. The molecular weight excluding hydrogens is 234 g/mol. The Hall–Kier alpha value is -1.87.